The Bertz CT molecular complexity index is 423. The molecule has 1 aliphatic carbocycles. The van der Waals surface area contributed by atoms with Gasteiger partial charge in [-0.2, -0.15) is 5.10 Å². The van der Waals surface area contributed by atoms with Crippen molar-refractivity contribution in [3.05, 3.63) is 11.6 Å². The zero-order valence-electron chi connectivity index (χ0n) is 10.5. The van der Waals surface area contributed by atoms with Crippen LogP contribution in [0.15, 0.2) is 0 Å². The van der Waals surface area contributed by atoms with Crippen molar-refractivity contribution >= 4 is 5.97 Å². The second-order valence-corrected chi connectivity index (χ2v) is 5.47. The summed E-state index contributed by atoms with van der Waals surface area (Å²) in [5.74, 6) is 1.29. The number of hydrogen-bond acceptors (Lipinski definition) is 3. The lowest BCUT2D eigenvalue weighted by atomic mass is 9.76. The normalized spacial score (nSPS) is 19.3. The maximum atomic E-state index is 11.4. The lowest BCUT2D eigenvalue weighted by Gasteiger charge is -2.27. The minimum absolute atomic E-state index is 0.0504. The highest BCUT2D eigenvalue weighted by Gasteiger charge is 2.38. The number of carboxylic acids is 1. The molecular weight excluding hydrogens is 218 g/mol. The lowest BCUT2D eigenvalue weighted by Crippen LogP contribution is -2.35. The molecule has 5 nitrogen and oxygen atoms in total. The Morgan fingerprint density at radius 1 is 1.59 bits per heavy atom. The van der Waals surface area contributed by atoms with Gasteiger partial charge in [0.15, 0.2) is 5.82 Å². The summed E-state index contributed by atoms with van der Waals surface area (Å²) in [4.78, 5) is 15.8. The molecule has 5 heteroatoms. The maximum absolute atomic E-state index is 11.4. The summed E-state index contributed by atoms with van der Waals surface area (Å²) in [5.41, 5.74) is -0.791. The summed E-state index contributed by atoms with van der Waals surface area (Å²) in [6.45, 7) is 5.61. The second kappa shape index (κ2) is 4.13. The van der Waals surface area contributed by atoms with Crippen LogP contribution in [0.2, 0.25) is 0 Å². The molecule has 17 heavy (non-hydrogen) atoms. The Morgan fingerprint density at radius 3 is 2.71 bits per heavy atom. The fourth-order valence-corrected chi connectivity index (χ4v) is 1.79. The van der Waals surface area contributed by atoms with E-state index in [1.165, 1.54) is 0 Å². The molecule has 0 bridgehead atoms. The Balaban J connectivity index is 2.13. The van der Waals surface area contributed by atoms with E-state index < -0.39 is 11.4 Å². The van der Waals surface area contributed by atoms with Gasteiger partial charge < -0.3 is 5.11 Å². The number of rotatable bonds is 5. The van der Waals surface area contributed by atoms with Gasteiger partial charge in [0, 0.05) is 12.3 Å². The fourth-order valence-electron chi connectivity index (χ4n) is 1.79. The first kappa shape index (κ1) is 12.1. The van der Waals surface area contributed by atoms with Crippen LogP contribution in [0.25, 0.3) is 0 Å². The zero-order valence-corrected chi connectivity index (χ0v) is 10.5. The molecule has 1 saturated carbocycles. The van der Waals surface area contributed by atoms with Gasteiger partial charge in [-0.15, -0.1) is 0 Å². The van der Waals surface area contributed by atoms with Crippen LogP contribution < -0.4 is 0 Å². The second-order valence-electron chi connectivity index (χ2n) is 5.47. The molecule has 2 N–H and O–H groups in total. The summed E-state index contributed by atoms with van der Waals surface area (Å²) >= 11 is 0. The Morgan fingerprint density at radius 2 is 2.24 bits per heavy atom. The fraction of sp³-hybridized carbons (Fsp3) is 0.750. The highest BCUT2D eigenvalue weighted by Crippen LogP contribution is 2.38. The van der Waals surface area contributed by atoms with E-state index in [2.05, 4.69) is 15.2 Å². The number of aromatic nitrogens is 3. The largest absolute Gasteiger partial charge is 0.481 e. The molecule has 1 fully saturated rings. The van der Waals surface area contributed by atoms with Gasteiger partial charge in [0.05, 0.1) is 5.41 Å². The molecule has 2 rings (SSSR count). The number of nitrogens with zero attached hydrogens (tertiary/aromatic N) is 2. The number of carbonyl (C=O) groups is 1. The van der Waals surface area contributed by atoms with Crippen molar-refractivity contribution in [1.29, 1.82) is 0 Å². The van der Waals surface area contributed by atoms with Crippen LogP contribution in [0.5, 0.6) is 0 Å². The summed E-state index contributed by atoms with van der Waals surface area (Å²) in [6.07, 6.45) is 2.70. The number of aliphatic carboxylic acids is 1. The van der Waals surface area contributed by atoms with Crippen LogP contribution in [0.4, 0.5) is 0 Å². The number of nitrogens with one attached hydrogen (secondary N) is 1. The first-order valence-corrected chi connectivity index (χ1v) is 6.08. The van der Waals surface area contributed by atoms with Gasteiger partial charge >= 0.3 is 5.97 Å². The van der Waals surface area contributed by atoms with Gasteiger partial charge in [0.25, 0.3) is 0 Å². The van der Waals surface area contributed by atoms with Gasteiger partial charge in [0.2, 0.25) is 0 Å². The third-order valence-corrected chi connectivity index (χ3v) is 3.79. The molecule has 1 unspecified atom stereocenters. The first-order chi connectivity index (χ1) is 7.93. The molecule has 0 aromatic carbocycles. The monoisotopic (exact) mass is 237 g/mol. The summed E-state index contributed by atoms with van der Waals surface area (Å²) < 4.78 is 0. The van der Waals surface area contributed by atoms with Crippen molar-refractivity contribution in [1.82, 2.24) is 15.2 Å². The number of aromatic amines is 1. The van der Waals surface area contributed by atoms with E-state index in [4.69, 9.17) is 0 Å². The summed E-state index contributed by atoms with van der Waals surface area (Å²) in [6, 6.07) is 0. The Kier molecular flexibility index (Phi) is 2.93. The summed E-state index contributed by atoms with van der Waals surface area (Å²) in [5, 5.41) is 16.4. The average molecular weight is 237 g/mol. The van der Waals surface area contributed by atoms with E-state index in [1.807, 2.05) is 13.8 Å². The molecule has 0 radical (unpaired) electrons. The van der Waals surface area contributed by atoms with Crippen LogP contribution in [-0.2, 0) is 11.2 Å². The van der Waals surface area contributed by atoms with Gasteiger partial charge in [0.1, 0.15) is 5.82 Å². The minimum Gasteiger partial charge on any atom is -0.481 e. The van der Waals surface area contributed by atoms with Crippen molar-refractivity contribution in [2.75, 3.05) is 0 Å². The predicted molar refractivity (Wildman–Crippen MR) is 62.6 cm³/mol. The molecule has 0 aliphatic heterocycles. The SMILES string of the molecule is CC(C)C(C)(Cc1nc(C2CC2)n[nH]1)C(=O)O. The van der Waals surface area contributed by atoms with Crippen LogP contribution in [0.3, 0.4) is 0 Å². The highest BCUT2D eigenvalue weighted by atomic mass is 16.4. The quantitative estimate of drug-likeness (QED) is 0.820. The molecule has 1 atom stereocenters. The molecule has 1 aliphatic rings. The first-order valence-electron chi connectivity index (χ1n) is 6.08. The van der Waals surface area contributed by atoms with Crippen LogP contribution in [0, 0.1) is 11.3 Å². The van der Waals surface area contributed by atoms with Crippen molar-refractivity contribution in [3.63, 3.8) is 0 Å². The number of H-pyrrole nitrogens is 1. The molecule has 0 saturated heterocycles. The van der Waals surface area contributed by atoms with Crippen LogP contribution in [-0.4, -0.2) is 26.3 Å². The summed E-state index contributed by atoms with van der Waals surface area (Å²) in [7, 11) is 0. The van der Waals surface area contributed by atoms with E-state index in [1.54, 1.807) is 6.92 Å². The highest BCUT2D eigenvalue weighted by molar-refractivity contribution is 5.74. The molecule has 1 heterocycles. The average Bonchev–Trinajstić information content (AvgIpc) is 3.00. The standard InChI is InChI=1S/C12H19N3O2/c1-7(2)12(3,11(16)17)6-9-13-10(15-14-9)8-4-5-8/h7-8H,4-6H2,1-3H3,(H,16,17)(H,13,14,15). The van der Waals surface area contributed by atoms with E-state index >= 15 is 0 Å². The van der Waals surface area contributed by atoms with E-state index in [0.29, 0.717) is 18.2 Å². The van der Waals surface area contributed by atoms with Crippen molar-refractivity contribution < 1.29 is 9.90 Å². The topological polar surface area (TPSA) is 78.9 Å². The third kappa shape index (κ3) is 2.33. The zero-order chi connectivity index (χ0) is 12.6. The minimum atomic E-state index is -0.791. The molecule has 94 valence electrons. The molecular formula is C12H19N3O2. The molecule has 1 aromatic heterocycles. The molecule has 0 spiro atoms. The lowest BCUT2D eigenvalue weighted by molar-refractivity contribution is -0.150. The van der Waals surface area contributed by atoms with E-state index in [9.17, 15) is 9.90 Å². The van der Waals surface area contributed by atoms with Crippen LogP contribution in [0.1, 0.15) is 51.2 Å². The van der Waals surface area contributed by atoms with Gasteiger partial charge in [-0.05, 0) is 25.7 Å². The van der Waals surface area contributed by atoms with Gasteiger partial charge in [-0.25, -0.2) is 4.98 Å². The third-order valence-electron chi connectivity index (χ3n) is 3.79. The predicted octanol–water partition coefficient (Wildman–Crippen LogP) is 1.97. The number of hydrogen-bond donors (Lipinski definition) is 2. The number of carboxylic acid groups (broad SMARTS) is 1. The van der Waals surface area contributed by atoms with Gasteiger partial charge in [-0.3, -0.25) is 9.89 Å². The van der Waals surface area contributed by atoms with Crippen molar-refractivity contribution in [2.24, 2.45) is 11.3 Å². The van der Waals surface area contributed by atoms with Crippen molar-refractivity contribution in [3.8, 4) is 0 Å². The Hall–Kier alpha value is -1.39. The molecule has 1 aromatic rings. The van der Waals surface area contributed by atoms with E-state index in [-0.39, 0.29) is 5.92 Å². The molecule has 0 amide bonds. The smallest absolute Gasteiger partial charge is 0.310 e. The van der Waals surface area contributed by atoms with Crippen LogP contribution >= 0.6 is 0 Å². The van der Waals surface area contributed by atoms with Crippen molar-refractivity contribution in [2.45, 2.75) is 46.0 Å². The Labute approximate surface area is 101 Å². The maximum Gasteiger partial charge on any atom is 0.310 e. The van der Waals surface area contributed by atoms with E-state index in [0.717, 1.165) is 18.7 Å². The van der Waals surface area contributed by atoms with Gasteiger partial charge in [-0.1, -0.05) is 13.8 Å².